The first-order chi connectivity index (χ1) is 15.7. The maximum atomic E-state index is 13.4. The molecule has 2 aromatic rings. The molecule has 1 aromatic carbocycles. The number of carbonyl (C=O) groups is 2. The van der Waals surface area contributed by atoms with E-state index >= 15 is 0 Å². The van der Waals surface area contributed by atoms with Crippen molar-refractivity contribution in [2.45, 2.75) is 32.1 Å². The summed E-state index contributed by atoms with van der Waals surface area (Å²) in [5.74, 6) is -1.33. The Balaban J connectivity index is 1.53. The number of benzene rings is 1. The number of nitrogens with zero attached hydrogens (tertiary/aromatic N) is 1. The molecule has 1 aromatic heterocycles. The highest BCUT2D eigenvalue weighted by atomic mass is 35.5. The highest BCUT2D eigenvalue weighted by Crippen LogP contribution is 2.17. The van der Waals surface area contributed by atoms with Crippen molar-refractivity contribution in [3.63, 3.8) is 0 Å². The number of aromatic amines is 1. The van der Waals surface area contributed by atoms with Gasteiger partial charge in [0.1, 0.15) is 23.8 Å². The average molecular weight is 481 g/mol. The van der Waals surface area contributed by atoms with Crippen LogP contribution in [0, 0.1) is 12.7 Å². The molecule has 1 amide bonds. The Morgan fingerprint density at radius 2 is 2.12 bits per heavy atom. The first-order valence-corrected chi connectivity index (χ1v) is 10.7. The molecule has 2 atom stereocenters. The van der Waals surface area contributed by atoms with Gasteiger partial charge in [0.05, 0.1) is 23.7 Å². The summed E-state index contributed by atoms with van der Waals surface area (Å²) in [5.41, 5.74) is 5.95. The summed E-state index contributed by atoms with van der Waals surface area (Å²) in [7, 11) is 1.51. The van der Waals surface area contributed by atoms with E-state index in [0.717, 1.165) is 0 Å². The number of amides is 1. The number of likely N-dealkylation sites (tertiary alicyclic amines) is 1. The van der Waals surface area contributed by atoms with Crippen LogP contribution >= 0.6 is 11.6 Å². The maximum Gasteiger partial charge on any atom is 0.320 e. The van der Waals surface area contributed by atoms with Crippen molar-refractivity contribution in [3.8, 4) is 0 Å². The van der Waals surface area contributed by atoms with Crippen LogP contribution in [-0.2, 0) is 20.9 Å². The number of hydrogen-bond donors (Lipinski definition) is 3. The lowest BCUT2D eigenvalue weighted by Gasteiger charge is -2.37. The van der Waals surface area contributed by atoms with Crippen molar-refractivity contribution in [2.24, 2.45) is 0 Å². The summed E-state index contributed by atoms with van der Waals surface area (Å²) in [6.07, 6.45) is 0.0912. The monoisotopic (exact) mass is 480 g/mol. The van der Waals surface area contributed by atoms with Crippen LogP contribution in [0.3, 0.4) is 0 Å². The van der Waals surface area contributed by atoms with E-state index in [-0.39, 0.29) is 41.4 Å². The summed E-state index contributed by atoms with van der Waals surface area (Å²) in [6, 6.07) is 5.40. The second-order valence-electron chi connectivity index (χ2n) is 7.90. The van der Waals surface area contributed by atoms with Gasteiger partial charge in [0.2, 0.25) is 0 Å². The van der Waals surface area contributed by atoms with Crippen LogP contribution < -0.4 is 16.6 Å². The molecule has 3 rings (SSSR count). The predicted molar refractivity (Wildman–Crippen MR) is 121 cm³/mol. The highest BCUT2D eigenvalue weighted by molar-refractivity contribution is 6.33. The van der Waals surface area contributed by atoms with E-state index in [1.54, 1.807) is 19.1 Å². The molecule has 1 saturated heterocycles. The highest BCUT2D eigenvalue weighted by Gasteiger charge is 2.32. The number of halogens is 2. The number of piperidine rings is 1. The van der Waals surface area contributed by atoms with Crippen LogP contribution in [-0.4, -0.2) is 60.7 Å². The van der Waals surface area contributed by atoms with Crippen molar-refractivity contribution in [1.29, 1.82) is 0 Å². The molecule has 0 saturated carbocycles. The average Bonchev–Trinajstić information content (AvgIpc) is 2.78. The molecule has 0 aliphatic carbocycles. The van der Waals surface area contributed by atoms with E-state index in [1.165, 1.54) is 19.2 Å². The number of nitrogens with two attached hydrogens (primary N) is 1. The van der Waals surface area contributed by atoms with E-state index in [2.05, 4.69) is 10.3 Å². The third kappa shape index (κ3) is 6.31. The third-order valence-corrected chi connectivity index (χ3v) is 5.82. The molecule has 4 N–H and O–H groups in total. The van der Waals surface area contributed by atoms with Gasteiger partial charge in [0.25, 0.3) is 11.5 Å². The molecule has 2 heterocycles. The Morgan fingerprint density at radius 1 is 1.36 bits per heavy atom. The zero-order chi connectivity index (χ0) is 24.1. The molecule has 0 spiro atoms. The summed E-state index contributed by atoms with van der Waals surface area (Å²) in [5, 5.41) is 2.87. The van der Waals surface area contributed by atoms with Gasteiger partial charge in [-0.3, -0.25) is 19.3 Å². The summed E-state index contributed by atoms with van der Waals surface area (Å²) in [6.45, 7) is 2.64. The number of aryl methyl sites for hydroxylation is 1. The fourth-order valence-electron chi connectivity index (χ4n) is 3.65. The number of H-pyrrole nitrogens is 1. The van der Waals surface area contributed by atoms with E-state index in [9.17, 15) is 18.8 Å². The van der Waals surface area contributed by atoms with Crippen molar-refractivity contribution in [2.75, 3.05) is 32.5 Å². The Hall–Kier alpha value is -2.95. The molecule has 1 fully saturated rings. The fourth-order valence-corrected chi connectivity index (χ4v) is 3.81. The van der Waals surface area contributed by atoms with Crippen LogP contribution in [0.1, 0.15) is 27.9 Å². The smallest absolute Gasteiger partial charge is 0.320 e. The van der Waals surface area contributed by atoms with Gasteiger partial charge in [-0.1, -0.05) is 17.7 Å². The van der Waals surface area contributed by atoms with Crippen molar-refractivity contribution >= 4 is 29.3 Å². The molecule has 1 aliphatic heterocycles. The standard InChI is InChI=1S/C22H26ClFN4O5/c1-12-7-13(3-4-16(12)24)11-33-19(29)10-28-6-5-17(18(9-28)32-2)26-21(30)14-8-15(23)20(25)27-22(14)31/h3-4,7-8,17-18H,5-6,9-11H2,1-2H3,(H,26,30)(H3,25,27,31)/t17-,18+/m1/s1. The molecule has 1 aliphatic rings. The molecule has 0 radical (unpaired) electrons. The Labute approximate surface area is 195 Å². The number of nitrogen functional groups attached to an aromatic ring is 1. The van der Waals surface area contributed by atoms with Gasteiger partial charge in [-0.15, -0.1) is 0 Å². The van der Waals surface area contributed by atoms with Crippen LogP contribution in [0.5, 0.6) is 0 Å². The van der Waals surface area contributed by atoms with Gasteiger partial charge in [-0.2, -0.15) is 0 Å². The number of carbonyl (C=O) groups excluding carboxylic acids is 2. The zero-order valence-corrected chi connectivity index (χ0v) is 19.1. The zero-order valence-electron chi connectivity index (χ0n) is 18.3. The van der Waals surface area contributed by atoms with E-state index < -0.39 is 23.5 Å². The largest absolute Gasteiger partial charge is 0.460 e. The van der Waals surface area contributed by atoms with Gasteiger partial charge >= 0.3 is 5.97 Å². The molecular formula is C22H26ClFN4O5. The lowest BCUT2D eigenvalue weighted by Crippen LogP contribution is -2.56. The normalized spacial score (nSPS) is 18.7. The van der Waals surface area contributed by atoms with Crippen molar-refractivity contribution < 1.29 is 23.5 Å². The van der Waals surface area contributed by atoms with Crippen LogP contribution in [0.25, 0.3) is 0 Å². The number of hydrogen-bond acceptors (Lipinski definition) is 7. The Morgan fingerprint density at radius 3 is 2.82 bits per heavy atom. The van der Waals surface area contributed by atoms with Crippen molar-refractivity contribution in [1.82, 2.24) is 15.2 Å². The first-order valence-electron chi connectivity index (χ1n) is 10.3. The van der Waals surface area contributed by atoms with Crippen LogP contribution in [0.15, 0.2) is 29.1 Å². The lowest BCUT2D eigenvalue weighted by atomic mass is 10.0. The minimum atomic E-state index is -0.639. The van der Waals surface area contributed by atoms with Crippen molar-refractivity contribution in [3.05, 3.63) is 62.1 Å². The van der Waals surface area contributed by atoms with Gasteiger partial charge < -0.3 is 25.5 Å². The summed E-state index contributed by atoms with van der Waals surface area (Å²) >= 11 is 5.91. The van der Waals surface area contributed by atoms with Gasteiger partial charge in [-0.05, 0) is 42.7 Å². The van der Waals surface area contributed by atoms with Crippen LogP contribution in [0.2, 0.25) is 5.02 Å². The quantitative estimate of drug-likeness (QED) is 0.514. The molecule has 0 bridgehead atoms. The SMILES string of the molecule is CO[C@H]1CN(CC(=O)OCc2ccc(F)c(C)c2)CC[C@H]1NC(=O)c1cc(Cl)c(N)[nH]c1=O. The maximum absolute atomic E-state index is 13.4. The molecular weight excluding hydrogens is 455 g/mol. The molecule has 9 nitrogen and oxygen atoms in total. The molecule has 11 heteroatoms. The summed E-state index contributed by atoms with van der Waals surface area (Å²) in [4.78, 5) is 41.1. The predicted octanol–water partition coefficient (Wildman–Crippen LogP) is 1.62. The van der Waals surface area contributed by atoms with Gasteiger partial charge in [0.15, 0.2) is 0 Å². The van der Waals surface area contributed by atoms with Crippen LogP contribution in [0.4, 0.5) is 10.2 Å². The number of aromatic nitrogens is 1. The van der Waals surface area contributed by atoms with Gasteiger partial charge in [0, 0.05) is 20.2 Å². The molecule has 178 valence electrons. The fraction of sp³-hybridized carbons (Fsp3) is 0.409. The van der Waals surface area contributed by atoms with E-state index in [1.807, 2.05) is 4.90 Å². The number of pyridine rings is 1. The molecule has 0 unspecified atom stereocenters. The topological polar surface area (TPSA) is 127 Å². The number of rotatable bonds is 7. The number of methoxy groups -OCH3 is 1. The minimum absolute atomic E-state index is 0.0114. The van der Waals surface area contributed by atoms with E-state index in [4.69, 9.17) is 26.8 Å². The number of anilines is 1. The third-order valence-electron chi connectivity index (χ3n) is 5.50. The number of ether oxygens (including phenoxy) is 2. The second kappa shape index (κ2) is 10.8. The molecule has 33 heavy (non-hydrogen) atoms. The minimum Gasteiger partial charge on any atom is -0.460 e. The Bertz CT molecular complexity index is 1090. The lowest BCUT2D eigenvalue weighted by molar-refractivity contribution is -0.147. The van der Waals surface area contributed by atoms with E-state index in [0.29, 0.717) is 30.6 Å². The Kier molecular flexibility index (Phi) is 8.06. The second-order valence-corrected chi connectivity index (χ2v) is 8.30. The first kappa shape index (κ1) is 24.7. The number of nitrogens with one attached hydrogen (secondary N) is 2. The summed E-state index contributed by atoms with van der Waals surface area (Å²) < 4.78 is 24.2. The number of esters is 1. The van der Waals surface area contributed by atoms with Gasteiger partial charge in [-0.25, -0.2) is 4.39 Å².